The van der Waals surface area contributed by atoms with Crippen LogP contribution in [0.3, 0.4) is 0 Å². The molecule has 0 atom stereocenters. The molecule has 1 aliphatic carbocycles. The molecule has 116 valence electrons. The molecule has 0 saturated heterocycles. The number of hydrogen-bond donors (Lipinski definition) is 2. The number of hydrogen-bond acceptors (Lipinski definition) is 3. The Morgan fingerprint density at radius 1 is 1.43 bits per heavy atom. The zero-order valence-electron chi connectivity index (χ0n) is 11.7. The van der Waals surface area contributed by atoms with Crippen molar-refractivity contribution in [3.63, 3.8) is 0 Å². The number of nitrogens with zero attached hydrogens (tertiary/aromatic N) is 1. The van der Waals surface area contributed by atoms with Crippen molar-refractivity contribution in [3.05, 3.63) is 29.3 Å². The van der Waals surface area contributed by atoms with Crippen LogP contribution in [0, 0.1) is 5.41 Å². The van der Waals surface area contributed by atoms with Gasteiger partial charge in [0.25, 0.3) is 0 Å². The third-order valence-corrected chi connectivity index (χ3v) is 3.39. The number of benzene rings is 1. The van der Waals surface area contributed by atoms with Crippen LogP contribution in [0.25, 0.3) is 0 Å². The van der Waals surface area contributed by atoms with E-state index in [1.165, 1.54) is 12.0 Å². The minimum atomic E-state index is -4.21. The van der Waals surface area contributed by atoms with E-state index in [0.717, 1.165) is 12.8 Å². The maximum Gasteiger partial charge on any atom is 0.401 e. The van der Waals surface area contributed by atoms with Crippen molar-refractivity contribution in [1.82, 2.24) is 4.90 Å². The molecule has 0 spiro atoms. The monoisotopic (exact) mass is 301 g/mol. The van der Waals surface area contributed by atoms with Gasteiger partial charge in [-0.05, 0) is 30.5 Å². The van der Waals surface area contributed by atoms with Gasteiger partial charge in [0, 0.05) is 12.6 Å². The van der Waals surface area contributed by atoms with Crippen molar-refractivity contribution < 1.29 is 17.9 Å². The van der Waals surface area contributed by atoms with E-state index in [1.807, 2.05) is 0 Å². The van der Waals surface area contributed by atoms with Crippen LogP contribution in [0.1, 0.15) is 24.0 Å². The Morgan fingerprint density at radius 3 is 2.57 bits per heavy atom. The Kier molecular flexibility index (Phi) is 4.41. The van der Waals surface area contributed by atoms with Crippen LogP contribution in [-0.2, 0) is 6.54 Å². The third-order valence-electron chi connectivity index (χ3n) is 3.39. The van der Waals surface area contributed by atoms with E-state index in [9.17, 15) is 13.2 Å². The van der Waals surface area contributed by atoms with Crippen LogP contribution in [0.5, 0.6) is 5.75 Å². The maximum absolute atomic E-state index is 12.6. The molecule has 1 aromatic carbocycles. The van der Waals surface area contributed by atoms with E-state index in [4.69, 9.17) is 15.9 Å². The number of nitrogens with one attached hydrogen (secondary N) is 1. The molecule has 1 fully saturated rings. The first-order valence-electron chi connectivity index (χ1n) is 6.62. The van der Waals surface area contributed by atoms with Crippen molar-refractivity contribution in [2.75, 3.05) is 13.7 Å². The van der Waals surface area contributed by atoms with Crippen LogP contribution in [0.2, 0.25) is 0 Å². The van der Waals surface area contributed by atoms with Gasteiger partial charge in [-0.25, -0.2) is 0 Å². The number of methoxy groups -OCH3 is 1. The van der Waals surface area contributed by atoms with Gasteiger partial charge in [0.1, 0.15) is 11.6 Å². The Labute approximate surface area is 121 Å². The van der Waals surface area contributed by atoms with Gasteiger partial charge in [0.05, 0.1) is 19.2 Å². The summed E-state index contributed by atoms with van der Waals surface area (Å²) in [6.07, 6.45) is -2.62. The summed E-state index contributed by atoms with van der Waals surface area (Å²) in [5.74, 6) is 0.280. The quantitative estimate of drug-likeness (QED) is 0.627. The number of nitrogen functional groups attached to an aromatic ring is 1. The molecule has 0 aliphatic heterocycles. The first-order chi connectivity index (χ1) is 9.80. The number of halogens is 3. The molecule has 0 radical (unpaired) electrons. The van der Waals surface area contributed by atoms with Crippen molar-refractivity contribution >= 4 is 5.84 Å². The lowest BCUT2D eigenvalue weighted by Crippen LogP contribution is -2.35. The maximum atomic E-state index is 12.6. The number of ether oxygens (including phenoxy) is 1. The van der Waals surface area contributed by atoms with Crippen LogP contribution in [0.15, 0.2) is 18.2 Å². The van der Waals surface area contributed by atoms with Crippen molar-refractivity contribution in [1.29, 1.82) is 5.41 Å². The van der Waals surface area contributed by atoms with Crippen molar-refractivity contribution in [2.45, 2.75) is 31.6 Å². The Bertz CT molecular complexity index is 527. The number of nitrogens with two attached hydrogens (primary N) is 1. The summed E-state index contributed by atoms with van der Waals surface area (Å²) in [6, 6.07) is 4.95. The second-order valence-electron chi connectivity index (χ2n) is 5.20. The minimum absolute atomic E-state index is 0.00509. The van der Waals surface area contributed by atoms with Crippen LogP contribution >= 0.6 is 0 Å². The highest BCUT2D eigenvalue weighted by Crippen LogP contribution is 2.32. The lowest BCUT2D eigenvalue weighted by atomic mass is 10.1. The number of amidine groups is 1. The van der Waals surface area contributed by atoms with Gasteiger partial charge >= 0.3 is 6.18 Å². The van der Waals surface area contributed by atoms with Gasteiger partial charge < -0.3 is 10.5 Å². The molecule has 4 nitrogen and oxygen atoms in total. The fourth-order valence-corrected chi connectivity index (χ4v) is 2.28. The van der Waals surface area contributed by atoms with Crippen LogP contribution in [0.4, 0.5) is 13.2 Å². The van der Waals surface area contributed by atoms with Crippen LogP contribution < -0.4 is 10.5 Å². The Balaban J connectivity index is 2.17. The average Bonchev–Trinajstić information content (AvgIpc) is 3.20. The summed E-state index contributed by atoms with van der Waals surface area (Å²) in [4.78, 5) is 1.42. The zero-order valence-corrected chi connectivity index (χ0v) is 11.7. The van der Waals surface area contributed by atoms with Gasteiger partial charge in [-0.2, -0.15) is 13.2 Å². The molecule has 0 amide bonds. The molecule has 0 heterocycles. The SMILES string of the molecule is COc1ccc(CN(CC(F)(F)F)C2CC2)cc1C(=N)N. The molecule has 0 unspecified atom stereocenters. The van der Waals surface area contributed by atoms with Gasteiger partial charge in [-0.1, -0.05) is 6.07 Å². The topological polar surface area (TPSA) is 62.3 Å². The van der Waals surface area contributed by atoms with E-state index in [2.05, 4.69) is 0 Å². The summed E-state index contributed by atoms with van der Waals surface area (Å²) in [7, 11) is 1.46. The third kappa shape index (κ3) is 4.35. The zero-order chi connectivity index (χ0) is 15.6. The molecule has 0 bridgehead atoms. The van der Waals surface area contributed by atoms with E-state index in [1.54, 1.807) is 18.2 Å². The fourth-order valence-electron chi connectivity index (χ4n) is 2.28. The minimum Gasteiger partial charge on any atom is -0.496 e. The first kappa shape index (κ1) is 15.6. The van der Waals surface area contributed by atoms with E-state index in [-0.39, 0.29) is 18.4 Å². The average molecular weight is 301 g/mol. The summed E-state index contributed by atoms with van der Waals surface area (Å²) in [5.41, 5.74) is 6.57. The fraction of sp³-hybridized carbons (Fsp3) is 0.500. The Morgan fingerprint density at radius 2 is 2.10 bits per heavy atom. The summed E-state index contributed by atoms with van der Waals surface area (Å²) in [6.45, 7) is -0.729. The summed E-state index contributed by atoms with van der Waals surface area (Å²) >= 11 is 0. The van der Waals surface area contributed by atoms with Gasteiger partial charge in [-0.3, -0.25) is 10.3 Å². The molecule has 2 rings (SSSR count). The van der Waals surface area contributed by atoms with Gasteiger partial charge in [0.15, 0.2) is 0 Å². The number of rotatable bonds is 6. The largest absolute Gasteiger partial charge is 0.496 e. The smallest absolute Gasteiger partial charge is 0.401 e. The van der Waals surface area contributed by atoms with Gasteiger partial charge in [0.2, 0.25) is 0 Å². The summed E-state index contributed by atoms with van der Waals surface area (Å²) < 4.78 is 42.9. The molecule has 21 heavy (non-hydrogen) atoms. The second-order valence-corrected chi connectivity index (χ2v) is 5.20. The molecule has 0 aromatic heterocycles. The predicted octanol–water partition coefficient (Wildman–Crippen LogP) is 2.51. The highest BCUT2D eigenvalue weighted by molar-refractivity contribution is 5.97. The van der Waals surface area contributed by atoms with Crippen molar-refractivity contribution in [2.24, 2.45) is 5.73 Å². The Hall–Kier alpha value is -1.76. The standard InChI is InChI=1S/C14H18F3N3O/c1-21-12-5-2-9(6-11(12)13(18)19)7-20(10-3-4-10)8-14(15,16)17/h2,5-6,10H,3-4,7-8H2,1H3,(H3,18,19). The number of alkyl halides is 3. The molecule has 7 heteroatoms. The molecular weight excluding hydrogens is 283 g/mol. The summed E-state index contributed by atoms with van der Waals surface area (Å²) in [5, 5.41) is 7.50. The highest BCUT2D eigenvalue weighted by Gasteiger charge is 2.37. The van der Waals surface area contributed by atoms with E-state index < -0.39 is 12.7 Å². The molecule has 1 saturated carbocycles. The van der Waals surface area contributed by atoms with Crippen molar-refractivity contribution in [3.8, 4) is 5.75 Å². The lowest BCUT2D eigenvalue weighted by Gasteiger charge is -2.23. The van der Waals surface area contributed by atoms with Crippen LogP contribution in [-0.4, -0.2) is 36.6 Å². The molecule has 1 aliphatic rings. The first-order valence-corrected chi connectivity index (χ1v) is 6.62. The lowest BCUT2D eigenvalue weighted by molar-refractivity contribution is -0.148. The van der Waals surface area contributed by atoms with E-state index >= 15 is 0 Å². The normalized spacial score (nSPS) is 15.3. The van der Waals surface area contributed by atoms with Gasteiger partial charge in [-0.15, -0.1) is 0 Å². The highest BCUT2D eigenvalue weighted by atomic mass is 19.4. The molecular formula is C14H18F3N3O. The van der Waals surface area contributed by atoms with E-state index in [0.29, 0.717) is 16.9 Å². The molecule has 3 N–H and O–H groups in total. The molecule has 1 aromatic rings. The predicted molar refractivity (Wildman–Crippen MR) is 73.5 cm³/mol. The second kappa shape index (κ2) is 5.93.